The first-order valence-electron chi connectivity index (χ1n) is 8.09. The van der Waals surface area contributed by atoms with Gasteiger partial charge in [-0.25, -0.2) is 0 Å². The van der Waals surface area contributed by atoms with Crippen LogP contribution in [0.4, 0.5) is 5.69 Å². The van der Waals surface area contributed by atoms with Crippen molar-refractivity contribution >= 4 is 5.69 Å². The zero-order chi connectivity index (χ0) is 15.2. The van der Waals surface area contributed by atoms with E-state index in [4.69, 9.17) is 0 Å². The van der Waals surface area contributed by atoms with E-state index in [1.54, 1.807) is 0 Å². The average molecular weight is 281 g/mol. The Balaban J connectivity index is 2.16. The van der Waals surface area contributed by atoms with Crippen LogP contribution in [0.1, 0.15) is 55.5 Å². The van der Waals surface area contributed by atoms with Gasteiger partial charge in [0.05, 0.1) is 0 Å². The van der Waals surface area contributed by atoms with Gasteiger partial charge in [-0.3, -0.25) is 0 Å². The fraction of sp³-hybridized carbons (Fsp3) is 0.400. The number of aryl methyl sites for hydroxylation is 3. The summed E-state index contributed by atoms with van der Waals surface area (Å²) in [4.78, 5) is 0. The van der Waals surface area contributed by atoms with E-state index < -0.39 is 0 Å². The van der Waals surface area contributed by atoms with Gasteiger partial charge >= 0.3 is 0 Å². The van der Waals surface area contributed by atoms with Gasteiger partial charge in [0.25, 0.3) is 0 Å². The molecule has 0 bridgehead atoms. The number of rotatable bonds is 6. The van der Waals surface area contributed by atoms with Gasteiger partial charge in [0.15, 0.2) is 0 Å². The van der Waals surface area contributed by atoms with Gasteiger partial charge in [-0.15, -0.1) is 0 Å². The monoisotopic (exact) mass is 281 g/mol. The molecule has 1 N–H and O–H groups in total. The number of nitrogens with one attached hydrogen (secondary N) is 1. The Kier molecular flexibility index (Phi) is 5.44. The molecule has 0 saturated heterocycles. The maximum Gasteiger partial charge on any atom is 0.0485 e. The summed E-state index contributed by atoms with van der Waals surface area (Å²) in [6.45, 7) is 8.85. The minimum absolute atomic E-state index is 0.326. The Hall–Kier alpha value is -1.76. The van der Waals surface area contributed by atoms with Crippen molar-refractivity contribution in [2.24, 2.45) is 0 Å². The van der Waals surface area contributed by atoms with Gasteiger partial charge in [0, 0.05) is 11.7 Å². The fourth-order valence-electron chi connectivity index (χ4n) is 2.79. The third kappa shape index (κ3) is 3.87. The lowest BCUT2D eigenvalue weighted by Gasteiger charge is -2.20. The fourth-order valence-corrected chi connectivity index (χ4v) is 2.79. The molecule has 0 saturated carbocycles. The molecule has 2 aromatic rings. The molecule has 1 unspecified atom stereocenters. The Morgan fingerprint density at radius 2 is 1.71 bits per heavy atom. The standard InChI is InChI=1S/C20H27N/c1-5-8-17-11-13-19(14-12-17)16(4)21-20-15(3)9-7-10-18(20)6-2/h7,9-14,16,21H,5-6,8H2,1-4H3. The summed E-state index contributed by atoms with van der Waals surface area (Å²) < 4.78 is 0. The van der Waals surface area contributed by atoms with Crippen molar-refractivity contribution in [3.8, 4) is 0 Å². The van der Waals surface area contributed by atoms with Crippen LogP contribution in [0.25, 0.3) is 0 Å². The SMILES string of the molecule is CCCc1ccc(C(C)Nc2c(C)cccc2CC)cc1. The summed E-state index contributed by atoms with van der Waals surface area (Å²) in [5.74, 6) is 0. The van der Waals surface area contributed by atoms with Crippen molar-refractivity contribution in [3.05, 3.63) is 64.7 Å². The third-order valence-corrected chi connectivity index (χ3v) is 4.12. The lowest BCUT2D eigenvalue weighted by Crippen LogP contribution is -2.09. The molecule has 2 aromatic carbocycles. The van der Waals surface area contributed by atoms with Crippen LogP contribution in [-0.2, 0) is 12.8 Å². The van der Waals surface area contributed by atoms with Crippen LogP contribution >= 0.6 is 0 Å². The quantitative estimate of drug-likeness (QED) is 0.718. The van der Waals surface area contributed by atoms with Crippen LogP contribution in [0.5, 0.6) is 0 Å². The smallest absolute Gasteiger partial charge is 0.0485 e. The Labute approximate surface area is 129 Å². The Morgan fingerprint density at radius 3 is 2.33 bits per heavy atom. The summed E-state index contributed by atoms with van der Waals surface area (Å²) in [7, 11) is 0. The molecule has 0 aliphatic rings. The molecule has 1 nitrogen and oxygen atoms in total. The van der Waals surface area contributed by atoms with Crippen molar-refractivity contribution in [1.82, 2.24) is 0 Å². The van der Waals surface area contributed by atoms with Crippen LogP contribution < -0.4 is 5.32 Å². The second-order valence-electron chi connectivity index (χ2n) is 5.82. The van der Waals surface area contributed by atoms with E-state index >= 15 is 0 Å². The topological polar surface area (TPSA) is 12.0 Å². The molecule has 0 amide bonds. The zero-order valence-corrected chi connectivity index (χ0v) is 13.7. The van der Waals surface area contributed by atoms with Gasteiger partial charge in [-0.05, 0) is 48.9 Å². The van der Waals surface area contributed by atoms with E-state index in [9.17, 15) is 0 Å². The highest BCUT2D eigenvalue weighted by molar-refractivity contribution is 5.58. The number of para-hydroxylation sites is 1. The van der Waals surface area contributed by atoms with E-state index in [0.29, 0.717) is 6.04 Å². The van der Waals surface area contributed by atoms with E-state index in [1.807, 2.05) is 0 Å². The van der Waals surface area contributed by atoms with Crippen molar-refractivity contribution in [1.29, 1.82) is 0 Å². The largest absolute Gasteiger partial charge is 0.378 e. The van der Waals surface area contributed by atoms with Crippen molar-refractivity contribution in [2.45, 2.75) is 53.0 Å². The number of anilines is 1. The average Bonchev–Trinajstić information content (AvgIpc) is 2.50. The molecule has 2 rings (SSSR count). The molecule has 0 spiro atoms. The second kappa shape index (κ2) is 7.31. The highest BCUT2D eigenvalue weighted by Gasteiger charge is 2.09. The molecular weight excluding hydrogens is 254 g/mol. The molecule has 0 aromatic heterocycles. The van der Waals surface area contributed by atoms with Gasteiger partial charge in [-0.2, -0.15) is 0 Å². The summed E-state index contributed by atoms with van der Waals surface area (Å²) in [6.07, 6.45) is 3.43. The summed E-state index contributed by atoms with van der Waals surface area (Å²) in [5.41, 5.74) is 6.79. The summed E-state index contributed by atoms with van der Waals surface area (Å²) >= 11 is 0. The lowest BCUT2D eigenvalue weighted by molar-refractivity contribution is 0.870. The summed E-state index contributed by atoms with van der Waals surface area (Å²) in [6, 6.07) is 15.9. The van der Waals surface area contributed by atoms with Crippen LogP contribution in [0, 0.1) is 6.92 Å². The second-order valence-corrected chi connectivity index (χ2v) is 5.82. The van der Waals surface area contributed by atoms with E-state index in [1.165, 1.54) is 40.8 Å². The summed E-state index contributed by atoms with van der Waals surface area (Å²) in [5, 5.41) is 3.70. The number of benzene rings is 2. The van der Waals surface area contributed by atoms with E-state index in [-0.39, 0.29) is 0 Å². The molecule has 112 valence electrons. The predicted molar refractivity (Wildman–Crippen MR) is 93.0 cm³/mol. The molecule has 0 fully saturated rings. The molecule has 0 aliphatic carbocycles. The number of hydrogen-bond acceptors (Lipinski definition) is 1. The van der Waals surface area contributed by atoms with Gasteiger partial charge in [-0.1, -0.05) is 62.7 Å². The molecule has 1 atom stereocenters. The van der Waals surface area contributed by atoms with Crippen molar-refractivity contribution < 1.29 is 0 Å². The molecule has 0 heterocycles. The maximum atomic E-state index is 3.70. The molecule has 0 aliphatic heterocycles. The van der Waals surface area contributed by atoms with Crippen molar-refractivity contribution in [3.63, 3.8) is 0 Å². The first-order valence-corrected chi connectivity index (χ1v) is 8.09. The van der Waals surface area contributed by atoms with Crippen molar-refractivity contribution in [2.75, 3.05) is 5.32 Å². The van der Waals surface area contributed by atoms with Crippen LogP contribution in [0.2, 0.25) is 0 Å². The first-order chi connectivity index (χ1) is 10.2. The van der Waals surface area contributed by atoms with Crippen LogP contribution in [-0.4, -0.2) is 0 Å². The van der Waals surface area contributed by atoms with Gasteiger partial charge in [0.2, 0.25) is 0 Å². The first kappa shape index (κ1) is 15.6. The number of hydrogen-bond donors (Lipinski definition) is 1. The highest BCUT2D eigenvalue weighted by atomic mass is 14.9. The molecular formula is C20H27N. The van der Waals surface area contributed by atoms with Crippen LogP contribution in [0.15, 0.2) is 42.5 Å². The molecule has 0 radical (unpaired) electrons. The minimum Gasteiger partial charge on any atom is -0.378 e. The molecule has 1 heteroatoms. The highest BCUT2D eigenvalue weighted by Crippen LogP contribution is 2.26. The Morgan fingerprint density at radius 1 is 1.00 bits per heavy atom. The predicted octanol–water partition coefficient (Wildman–Crippen LogP) is 5.68. The Bertz CT molecular complexity index is 569. The minimum atomic E-state index is 0.326. The van der Waals surface area contributed by atoms with E-state index in [2.05, 4.69) is 75.5 Å². The zero-order valence-electron chi connectivity index (χ0n) is 13.7. The van der Waals surface area contributed by atoms with Crippen LogP contribution in [0.3, 0.4) is 0 Å². The molecule has 21 heavy (non-hydrogen) atoms. The normalized spacial score (nSPS) is 12.2. The van der Waals surface area contributed by atoms with Gasteiger partial charge in [0.1, 0.15) is 0 Å². The van der Waals surface area contributed by atoms with E-state index in [0.717, 1.165) is 6.42 Å². The third-order valence-electron chi connectivity index (χ3n) is 4.12. The maximum absolute atomic E-state index is 3.70. The lowest BCUT2D eigenvalue weighted by atomic mass is 10.0. The van der Waals surface area contributed by atoms with Gasteiger partial charge < -0.3 is 5.32 Å².